The smallest absolute Gasteiger partial charge is 0.287 e. The molecule has 0 aromatic rings. The Balaban J connectivity index is 2.65. The molecule has 2 atom stereocenters. The molecule has 1 fully saturated rings. The monoisotopic (exact) mass is 283 g/mol. The molecule has 1 rings (SSSR count). The van der Waals surface area contributed by atoms with E-state index in [1.54, 1.807) is 0 Å². The van der Waals surface area contributed by atoms with E-state index in [1.807, 2.05) is 25.8 Å². The average molecular weight is 283 g/mol. The van der Waals surface area contributed by atoms with Gasteiger partial charge in [0.25, 0.3) is 5.91 Å². The summed E-state index contributed by atoms with van der Waals surface area (Å²) >= 11 is 0. The first kappa shape index (κ1) is 16.6. The molecule has 3 N–H and O–H groups in total. The summed E-state index contributed by atoms with van der Waals surface area (Å²) in [6, 6.07) is -1.01. The SMILES string of the molecule is CC(C)CCC(NC(=O)C1CCCN1C)C(=O)C(N)=O. The molecule has 1 aliphatic rings. The molecular weight excluding hydrogens is 258 g/mol. The van der Waals surface area contributed by atoms with Crippen molar-refractivity contribution in [3.63, 3.8) is 0 Å². The van der Waals surface area contributed by atoms with Crippen LogP contribution in [0.1, 0.15) is 39.5 Å². The van der Waals surface area contributed by atoms with Gasteiger partial charge in [0, 0.05) is 0 Å². The van der Waals surface area contributed by atoms with Crippen LogP contribution in [-0.4, -0.2) is 48.2 Å². The van der Waals surface area contributed by atoms with Crippen LogP contribution in [0, 0.1) is 5.92 Å². The molecule has 6 nitrogen and oxygen atoms in total. The van der Waals surface area contributed by atoms with Gasteiger partial charge in [-0.05, 0) is 45.2 Å². The summed E-state index contributed by atoms with van der Waals surface area (Å²) in [7, 11) is 1.89. The predicted molar refractivity (Wildman–Crippen MR) is 75.9 cm³/mol. The van der Waals surface area contributed by atoms with Crippen LogP contribution in [0.25, 0.3) is 0 Å². The Hall–Kier alpha value is -1.43. The predicted octanol–water partition coefficient (Wildman–Crippen LogP) is 0.0560. The number of nitrogens with two attached hydrogens (primary N) is 1. The number of hydrogen-bond donors (Lipinski definition) is 2. The lowest BCUT2D eigenvalue weighted by Gasteiger charge is -2.23. The van der Waals surface area contributed by atoms with Crippen molar-refractivity contribution < 1.29 is 14.4 Å². The first-order valence-electron chi connectivity index (χ1n) is 7.17. The van der Waals surface area contributed by atoms with Gasteiger partial charge in [0.1, 0.15) is 0 Å². The topological polar surface area (TPSA) is 92.5 Å². The molecule has 0 bridgehead atoms. The zero-order valence-electron chi connectivity index (χ0n) is 12.5. The van der Waals surface area contributed by atoms with E-state index in [-0.39, 0.29) is 11.9 Å². The van der Waals surface area contributed by atoms with Gasteiger partial charge in [-0.25, -0.2) is 0 Å². The fourth-order valence-electron chi connectivity index (χ4n) is 2.45. The number of carbonyl (C=O) groups is 3. The first-order chi connectivity index (χ1) is 9.32. The molecule has 2 amide bonds. The maximum absolute atomic E-state index is 12.2. The normalized spacial score (nSPS) is 20.9. The van der Waals surface area contributed by atoms with Crippen molar-refractivity contribution in [2.24, 2.45) is 11.7 Å². The van der Waals surface area contributed by atoms with E-state index in [4.69, 9.17) is 5.73 Å². The van der Waals surface area contributed by atoms with Crippen molar-refractivity contribution in [3.8, 4) is 0 Å². The Labute approximate surface area is 120 Å². The molecule has 0 saturated carbocycles. The van der Waals surface area contributed by atoms with Gasteiger partial charge in [-0.2, -0.15) is 0 Å². The highest BCUT2D eigenvalue weighted by Gasteiger charge is 2.32. The Morgan fingerprint density at radius 2 is 1.95 bits per heavy atom. The second-order valence-electron chi connectivity index (χ2n) is 5.90. The Kier molecular flexibility index (Phi) is 6.13. The second kappa shape index (κ2) is 7.38. The summed E-state index contributed by atoms with van der Waals surface area (Å²) in [5.41, 5.74) is 5.05. The Morgan fingerprint density at radius 1 is 1.30 bits per heavy atom. The van der Waals surface area contributed by atoms with E-state index in [0.717, 1.165) is 25.8 Å². The third-order valence-corrected chi connectivity index (χ3v) is 3.73. The minimum absolute atomic E-state index is 0.187. The molecule has 6 heteroatoms. The molecule has 1 saturated heterocycles. The van der Waals surface area contributed by atoms with Crippen LogP contribution in [0.5, 0.6) is 0 Å². The fraction of sp³-hybridized carbons (Fsp3) is 0.786. The van der Waals surface area contributed by atoms with Gasteiger partial charge in [-0.1, -0.05) is 13.8 Å². The molecule has 0 radical (unpaired) electrons. The summed E-state index contributed by atoms with van der Waals surface area (Å²) in [5, 5.41) is 2.69. The third-order valence-electron chi connectivity index (χ3n) is 3.73. The molecule has 0 aromatic heterocycles. The maximum Gasteiger partial charge on any atom is 0.287 e. The van der Waals surface area contributed by atoms with Crippen molar-refractivity contribution in [1.29, 1.82) is 0 Å². The molecule has 1 heterocycles. The lowest BCUT2D eigenvalue weighted by molar-refractivity contribution is -0.139. The van der Waals surface area contributed by atoms with Crippen molar-refractivity contribution in [3.05, 3.63) is 0 Å². The lowest BCUT2D eigenvalue weighted by Crippen LogP contribution is -2.51. The van der Waals surface area contributed by atoms with Crippen LogP contribution in [-0.2, 0) is 14.4 Å². The molecule has 114 valence electrons. The zero-order chi connectivity index (χ0) is 15.3. The molecule has 2 unspecified atom stereocenters. The highest BCUT2D eigenvalue weighted by molar-refractivity contribution is 6.37. The zero-order valence-corrected chi connectivity index (χ0v) is 12.5. The van der Waals surface area contributed by atoms with Gasteiger partial charge < -0.3 is 11.1 Å². The number of likely N-dealkylation sites (N-methyl/N-ethyl adjacent to an activating group) is 1. The van der Waals surface area contributed by atoms with Gasteiger partial charge in [0.05, 0.1) is 12.1 Å². The molecule has 0 aromatic carbocycles. The number of amides is 2. The van der Waals surface area contributed by atoms with Crippen molar-refractivity contribution in [2.45, 2.75) is 51.6 Å². The van der Waals surface area contributed by atoms with Crippen molar-refractivity contribution in [2.75, 3.05) is 13.6 Å². The van der Waals surface area contributed by atoms with Crippen LogP contribution in [0.3, 0.4) is 0 Å². The van der Waals surface area contributed by atoms with E-state index >= 15 is 0 Å². The minimum atomic E-state index is -0.987. The number of primary amides is 1. The van der Waals surface area contributed by atoms with Crippen molar-refractivity contribution in [1.82, 2.24) is 10.2 Å². The number of nitrogens with one attached hydrogen (secondary N) is 1. The highest BCUT2D eigenvalue weighted by atomic mass is 16.2. The van der Waals surface area contributed by atoms with E-state index in [0.29, 0.717) is 12.3 Å². The average Bonchev–Trinajstić information content (AvgIpc) is 2.79. The van der Waals surface area contributed by atoms with Crippen LogP contribution in [0.4, 0.5) is 0 Å². The molecule has 0 aliphatic carbocycles. The van der Waals surface area contributed by atoms with Crippen LogP contribution < -0.4 is 11.1 Å². The summed E-state index contributed by atoms with van der Waals surface area (Å²) < 4.78 is 0. The fourth-order valence-corrected chi connectivity index (χ4v) is 2.45. The number of ketones is 1. The number of nitrogens with zero attached hydrogens (tertiary/aromatic N) is 1. The highest BCUT2D eigenvalue weighted by Crippen LogP contribution is 2.15. The molecule has 0 spiro atoms. The third kappa shape index (κ3) is 4.59. The van der Waals surface area contributed by atoms with Gasteiger partial charge in [0.15, 0.2) is 0 Å². The number of carbonyl (C=O) groups excluding carboxylic acids is 3. The van der Waals surface area contributed by atoms with E-state index in [2.05, 4.69) is 5.32 Å². The maximum atomic E-state index is 12.2. The summed E-state index contributed by atoms with van der Waals surface area (Å²) in [5.74, 6) is -1.49. The minimum Gasteiger partial charge on any atom is -0.363 e. The standard InChI is InChI=1S/C14H25N3O3/c1-9(2)6-7-10(12(18)13(15)19)16-14(20)11-5-4-8-17(11)3/h9-11H,4-8H2,1-3H3,(H2,15,19)(H,16,20). The summed E-state index contributed by atoms with van der Waals surface area (Å²) in [6.45, 7) is 4.93. The number of rotatable bonds is 7. The van der Waals surface area contributed by atoms with E-state index in [9.17, 15) is 14.4 Å². The largest absolute Gasteiger partial charge is 0.363 e. The van der Waals surface area contributed by atoms with Gasteiger partial charge >= 0.3 is 0 Å². The van der Waals surface area contributed by atoms with Gasteiger partial charge in [0.2, 0.25) is 11.7 Å². The summed E-state index contributed by atoms with van der Waals surface area (Å²) in [6.07, 6.45) is 2.95. The Morgan fingerprint density at radius 3 is 2.40 bits per heavy atom. The molecule has 20 heavy (non-hydrogen) atoms. The number of Topliss-reactive ketones (excluding diaryl/α,β-unsaturated/α-hetero) is 1. The lowest BCUT2D eigenvalue weighted by atomic mass is 9.99. The van der Waals surface area contributed by atoms with E-state index in [1.165, 1.54) is 0 Å². The Bertz CT molecular complexity index is 382. The molecule has 1 aliphatic heterocycles. The summed E-state index contributed by atoms with van der Waals surface area (Å²) in [4.78, 5) is 37.0. The number of likely N-dealkylation sites (tertiary alicyclic amines) is 1. The second-order valence-corrected chi connectivity index (χ2v) is 5.90. The first-order valence-corrected chi connectivity index (χ1v) is 7.17. The van der Waals surface area contributed by atoms with Gasteiger partial charge in [-0.3, -0.25) is 19.3 Å². The van der Waals surface area contributed by atoms with Gasteiger partial charge in [-0.15, -0.1) is 0 Å². The number of hydrogen-bond acceptors (Lipinski definition) is 4. The van der Waals surface area contributed by atoms with Crippen LogP contribution in [0.2, 0.25) is 0 Å². The van der Waals surface area contributed by atoms with Crippen LogP contribution >= 0.6 is 0 Å². The molecular formula is C14H25N3O3. The van der Waals surface area contributed by atoms with Crippen molar-refractivity contribution >= 4 is 17.6 Å². The quantitative estimate of drug-likeness (QED) is 0.646. The van der Waals surface area contributed by atoms with Crippen LogP contribution in [0.15, 0.2) is 0 Å². The van der Waals surface area contributed by atoms with E-state index < -0.39 is 17.7 Å².